The molecule has 1 aliphatic carbocycles. The molecule has 200 valence electrons. The molecule has 0 bridgehead atoms. The highest BCUT2D eigenvalue weighted by Crippen LogP contribution is 2.35. The molecule has 0 unspecified atom stereocenters. The zero-order valence-electron chi connectivity index (χ0n) is 21.7. The van der Waals surface area contributed by atoms with Gasteiger partial charge < -0.3 is 14.6 Å². The number of fused-ring (bicyclic) bond motifs is 1. The highest BCUT2D eigenvalue weighted by Gasteiger charge is 2.27. The summed E-state index contributed by atoms with van der Waals surface area (Å²) in [6.07, 6.45) is 5.12. The first-order valence-corrected chi connectivity index (χ1v) is 14.4. The van der Waals surface area contributed by atoms with Crippen molar-refractivity contribution in [3.63, 3.8) is 0 Å². The second kappa shape index (κ2) is 10.4. The molecule has 11 nitrogen and oxygen atoms in total. The molecule has 1 saturated carbocycles. The molecule has 0 atom stereocenters. The first-order valence-electron chi connectivity index (χ1n) is 13.0. The summed E-state index contributed by atoms with van der Waals surface area (Å²) in [5, 5.41) is 4.80. The molecule has 1 aliphatic heterocycles. The Bertz CT molecular complexity index is 1440. The van der Waals surface area contributed by atoms with Gasteiger partial charge in [0.1, 0.15) is 11.6 Å². The second-order valence-corrected chi connectivity index (χ2v) is 11.6. The molecule has 37 heavy (non-hydrogen) atoms. The number of piperazine rings is 1. The van der Waals surface area contributed by atoms with Crippen LogP contribution < -0.4 is 15.0 Å². The molecular weight excluding hydrogens is 494 g/mol. The van der Waals surface area contributed by atoms with Crippen LogP contribution in [0.15, 0.2) is 23.0 Å². The maximum atomic E-state index is 13.2. The van der Waals surface area contributed by atoms with Crippen LogP contribution in [0.1, 0.15) is 56.5 Å². The van der Waals surface area contributed by atoms with Gasteiger partial charge in [-0.2, -0.15) is 12.7 Å². The number of nitrogens with one attached hydrogen (secondary N) is 2. The van der Waals surface area contributed by atoms with E-state index in [2.05, 4.69) is 14.6 Å². The number of ether oxygens (including phenoxy) is 1. The molecule has 12 heteroatoms. The first kappa shape index (κ1) is 25.7. The van der Waals surface area contributed by atoms with E-state index in [-0.39, 0.29) is 11.5 Å². The summed E-state index contributed by atoms with van der Waals surface area (Å²) in [5.41, 5.74) is 1.68. The second-order valence-electron chi connectivity index (χ2n) is 9.97. The van der Waals surface area contributed by atoms with Crippen LogP contribution >= 0.6 is 0 Å². The Morgan fingerprint density at radius 1 is 1.16 bits per heavy atom. The van der Waals surface area contributed by atoms with Crippen molar-refractivity contribution in [1.29, 1.82) is 0 Å². The van der Waals surface area contributed by atoms with Crippen LogP contribution in [0.2, 0.25) is 0 Å². The van der Waals surface area contributed by atoms with Crippen molar-refractivity contribution < 1.29 is 13.2 Å². The Kier molecular flexibility index (Phi) is 7.24. The van der Waals surface area contributed by atoms with E-state index in [1.165, 1.54) is 4.31 Å². The molecule has 1 saturated heterocycles. The Morgan fingerprint density at radius 2 is 1.89 bits per heavy atom. The van der Waals surface area contributed by atoms with Crippen LogP contribution in [-0.4, -0.2) is 77.0 Å². The van der Waals surface area contributed by atoms with Crippen molar-refractivity contribution >= 4 is 21.4 Å². The van der Waals surface area contributed by atoms with Gasteiger partial charge in [-0.3, -0.25) is 9.52 Å². The first-order chi connectivity index (χ1) is 17.8. The van der Waals surface area contributed by atoms with E-state index in [1.54, 1.807) is 22.7 Å². The minimum Gasteiger partial charge on any atom is -0.493 e. The third-order valence-electron chi connectivity index (χ3n) is 7.17. The van der Waals surface area contributed by atoms with Crippen molar-refractivity contribution in [2.75, 3.05) is 44.6 Å². The third kappa shape index (κ3) is 5.23. The van der Waals surface area contributed by atoms with Gasteiger partial charge in [0.15, 0.2) is 11.3 Å². The number of imidazole rings is 1. The van der Waals surface area contributed by atoms with Gasteiger partial charge in [0.05, 0.1) is 23.6 Å². The van der Waals surface area contributed by atoms with Crippen LogP contribution in [0, 0.1) is 6.92 Å². The van der Waals surface area contributed by atoms with Crippen molar-refractivity contribution in [3.8, 4) is 17.1 Å². The predicted molar refractivity (Wildman–Crippen MR) is 142 cm³/mol. The summed E-state index contributed by atoms with van der Waals surface area (Å²) in [6, 6.07) is 5.06. The number of nitrogens with zero attached hydrogens (tertiary/aromatic N) is 5. The number of rotatable bonds is 8. The quantitative estimate of drug-likeness (QED) is 0.460. The minimum absolute atomic E-state index is 0.265. The summed E-state index contributed by atoms with van der Waals surface area (Å²) >= 11 is 0. The van der Waals surface area contributed by atoms with Crippen molar-refractivity contribution in [2.24, 2.45) is 0 Å². The predicted octanol–water partition coefficient (Wildman–Crippen LogP) is 2.74. The van der Waals surface area contributed by atoms with Crippen LogP contribution in [0.25, 0.3) is 16.9 Å². The van der Waals surface area contributed by atoms with Crippen molar-refractivity contribution in [3.05, 3.63) is 40.1 Å². The Morgan fingerprint density at radius 3 is 2.59 bits per heavy atom. The van der Waals surface area contributed by atoms with Crippen LogP contribution in [-0.2, 0) is 10.2 Å². The van der Waals surface area contributed by atoms with Gasteiger partial charge in [-0.25, -0.2) is 9.50 Å². The number of likely N-dealkylation sites (N-methyl/N-ethyl adjacent to an activating group) is 1. The normalized spacial score (nSPS) is 18.0. The molecule has 2 aliphatic rings. The maximum Gasteiger partial charge on any atom is 0.301 e. The van der Waals surface area contributed by atoms with Gasteiger partial charge in [-0.15, -0.1) is 5.10 Å². The lowest BCUT2D eigenvalue weighted by atomic mass is 10.1. The summed E-state index contributed by atoms with van der Waals surface area (Å²) < 4.78 is 37.9. The molecule has 2 aromatic heterocycles. The average Bonchev–Trinajstić information content (AvgIpc) is 3.51. The third-order valence-corrected chi connectivity index (χ3v) is 8.71. The Labute approximate surface area is 217 Å². The molecule has 3 heterocycles. The Hall–Kier alpha value is -2.96. The van der Waals surface area contributed by atoms with Crippen LogP contribution in [0.3, 0.4) is 0 Å². The Balaban J connectivity index is 1.55. The highest BCUT2D eigenvalue weighted by molar-refractivity contribution is 7.90. The van der Waals surface area contributed by atoms with E-state index in [9.17, 15) is 13.2 Å². The molecule has 1 aromatic carbocycles. The molecule has 0 amide bonds. The van der Waals surface area contributed by atoms with E-state index in [0.717, 1.165) is 37.9 Å². The molecule has 0 spiro atoms. The number of anilines is 1. The topological polar surface area (TPSA) is 125 Å². The van der Waals surface area contributed by atoms with Gasteiger partial charge in [0.2, 0.25) is 0 Å². The number of benzene rings is 1. The van der Waals surface area contributed by atoms with E-state index in [4.69, 9.17) is 14.8 Å². The fraction of sp³-hybridized carbons (Fsp3) is 0.560. The lowest BCUT2D eigenvalue weighted by Crippen LogP contribution is -2.48. The molecule has 3 aromatic rings. The lowest BCUT2D eigenvalue weighted by molar-refractivity contribution is 0.223. The van der Waals surface area contributed by atoms with Crippen LogP contribution in [0.5, 0.6) is 5.75 Å². The molecular formula is C25H35N7O4S. The molecule has 2 fully saturated rings. The maximum absolute atomic E-state index is 13.2. The fourth-order valence-electron chi connectivity index (χ4n) is 5.12. The summed E-state index contributed by atoms with van der Waals surface area (Å²) in [6.45, 7) is 6.51. The molecule has 5 rings (SSSR count). The van der Waals surface area contributed by atoms with Crippen LogP contribution in [0.4, 0.5) is 5.69 Å². The smallest absolute Gasteiger partial charge is 0.301 e. The summed E-state index contributed by atoms with van der Waals surface area (Å²) in [5.74, 6) is 1.90. The zero-order chi connectivity index (χ0) is 26.2. The van der Waals surface area contributed by atoms with E-state index in [0.29, 0.717) is 66.8 Å². The van der Waals surface area contributed by atoms with E-state index in [1.807, 2.05) is 20.9 Å². The SMILES string of the molecule is CCCOc1ccc(NS(=O)(=O)N2CCN(C)CC2)cc1-c1nn2c(C3CCCC3)nc(C)c2c(=O)[nH]1. The average molecular weight is 530 g/mol. The molecule has 0 radical (unpaired) electrons. The van der Waals surface area contributed by atoms with Gasteiger partial charge in [-0.1, -0.05) is 19.8 Å². The van der Waals surface area contributed by atoms with Gasteiger partial charge in [-0.05, 0) is 51.4 Å². The minimum atomic E-state index is -3.74. The highest BCUT2D eigenvalue weighted by atomic mass is 32.2. The van der Waals surface area contributed by atoms with E-state index < -0.39 is 10.2 Å². The number of hydrogen-bond donors (Lipinski definition) is 2. The van der Waals surface area contributed by atoms with Crippen molar-refractivity contribution in [1.82, 2.24) is 28.8 Å². The fourth-order valence-corrected chi connectivity index (χ4v) is 6.32. The number of H-pyrrole nitrogens is 1. The van der Waals surface area contributed by atoms with Crippen molar-refractivity contribution in [2.45, 2.75) is 51.9 Å². The largest absolute Gasteiger partial charge is 0.493 e. The van der Waals surface area contributed by atoms with Gasteiger partial charge >= 0.3 is 10.2 Å². The standard InChI is InChI=1S/C25H35N7O4S/c1-4-15-36-21-10-9-19(29-37(34,35)31-13-11-30(3)12-14-31)16-20(21)23-27-25(33)22-17(2)26-24(32(22)28-23)18-7-5-6-8-18/h9-10,16,18,29H,4-8,11-15H2,1-3H3,(H,27,28,33). The monoisotopic (exact) mass is 529 g/mol. The van der Waals surface area contributed by atoms with Gasteiger partial charge in [0, 0.05) is 32.1 Å². The lowest BCUT2D eigenvalue weighted by Gasteiger charge is -2.31. The number of hydrogen-bond acceptors (Lipinski definition) is 7. The number of aromatic nitrogens is 4. The number of aromatic amines is 1. The number of aryl methyl sites for hydroxylation is 1. The van der Waals surface area contributed by atoms with E-state index >= 15 is 0 Å². The zero-order valence-corrected chi connectivity index (χ0v) is 22.5. The van der Waals surface area contributed by atoms with Gasteiger partial charge in [0.25, 0.3) is 5.56 Å². The summed E-state index contributed by atoms with van der Waals surface area (Å²) in [4.78, 5) is 22.9. The summed E-state index contributed by atoms with van der Waals surface area (Å²) in [7, 11) is -1.76. The molecule has 2 N–H and O–H groups in total.